The van der Waals surface area contributed by atoms with Crippen molar-refractivity contribution in [1.29, 1.82) is 0 Å². The molecule has 3 aromatic carbocycles. The van der Waals surface area contributed by atoms with Crippen LogP contribution in [-0.2, 0) is 11.2 Å². The quantitative estimate of drug-likeness (QED) is 0.473. The number of nitrogens with one attached hydrogen (secondary N) is 3. The van der Waals surface area contributed by atoms with E-state index in [1.165, 1.54) is 30.3 Å². The number of nitrogens with zero attached hydrogens (tertiary/aromatic N) is 1. The Kier molecular flexibility index (Phi) is 6.95. The number of fused-ring (bicyclic) bond motifs is 1. The lowest BCUT2D eigenvalue weighted by molar-refractivity contribution is -0.118. The Morgan fingerprint density at radius 3 is 2.36 bits per heavy atom. The third kappa shape index (κ3) is 5.23. The highest BCUT2D eigenvalue weighted by molar-refractivity contribution is 6.02. The largest absolute Gasteiger partial charge is 0.369 e. The Morgan fingerprint density at radius 2 is 1.64 bits per heavy atom. The zero-order valence-electron chi connectivity index (χ0n) is 19.7. The smallest absolute Gasteiger partial charge is 0.254 e. The Morgan fingerprint density at radius 1 is 0.944 bits per heavy atom. The fourth-order valence-electron chi connectivity index (χ4n) is 5.10. The average Bonchev–Trinajstić information content (AvgIpc) is 3.47. The first kappa shape index (κ1) is 23.9. The lowest BCUT2D eigenvalue weighted by Crippen LogP contribution is -2.45. The molecule has 36 heavy (non-hydrogen) atoms. The van der Waals surface area contributed by atoms with Crippen LogP contribution in [0.4, 0.5) is 20.2 Å². The van der Waals surface area contributed by atoms with Gasteiger partial charge in [-0.3, -0.25) is 9.59 Å². The first-order valence-corrected chi connectivity index (χ1v) is 12.1. The second-order valence-electron chi connectivity index (χ2n) is 9.43. The van der Waals surface area contributed by atoms with Gasteiger partial charge in [0.2, 0.25) is 5.91 Å². The number of benzene rings is 3. The molecule has 0 aliphatic carbocycles. The van der Waals surface area contributed by atoms with Crippen LogP contribution >= 0.6 is 0 Å². The van der Waals surface area contributed by atoms with E-state index in [0.717, 1.165) is 37.4 Å². The van der Waals surface area contributed by atoms with E-state index in [2.05, 4.69) is 20.9 Å². The summed E-state index contributed by atoms with van der Waals surface area (Å²) in [4.78, 5) is 28.5. The molecule has 5 rings (SSSR count). The van der Waals surface area contributed by atoms with Gasteiger partial charge in [0.15, 0.2) is 0 Å². The molecule has 0 radical (unpaired) electrons. The van der Waals surface area contributed by atoms with Gasteiger partial charge in [-0.15, -0.1) is 0 Å². The molecule has 2 heterocycles. The van der Waals surface area contributed by atoms with Crippen LogP contribution < -0.4 is 20.9 Å². The minimum Gasteiger partial charge on any atom is -0.369 e. The van der Waals surface area contributed by atoms with E-state index in [1.54, 1.807) is 12.1 Å². The minimum atomic E-state index is -1.00. The molecule has 3 aromatic rings. The Balaban J connectivity index is 1.38. The molecule has 3 N–H and O–H groups in total. The first-order chi connectivity index (χ1) is 17.5. The number of carbonyl (C=O) groups excluding carboxylic acids is 2. The summed E-state index contributed by atoms with van der Waals surface area (Å²) in [5.74, 6) is -1.30. The molecule has 2 saturated heterocycles. The van der Waals surface area contributed by atoms with Crippen molar-refractivity contribution in [2.75, 3.05) is 36.4 Å². The van der Waals surface area contributed by atoms with E-state index in [9.17, 15) is 18.4 Å². The van der Waals surface area contributed by atoms with Gasteiger partial charge in [-0.25, -0.2) is 8.78 Å². The minimum absolute atomic E-state index is 0.146. The second kappa shape index (κ2) is 10.5. The fraction of sp³-hybridized carbons (Fsp3) is 0.286. The number of amides is 2. The number of carbonyl (C=O) groups is 2. The summed E-state index contributed by atoms with van der Waals surface area (Å²) in [6.45, 7) is 3.55. The van der Waals surface area contributed by atoms with Crippen molar-refractivity contribution in [2.24, 2.45) is 11.8 Å². The zero-order chi connectivity index (χ0) is 25.1. The molecule has 0 saturated carbocycles. The van der Waals surface area contributed by atoms with Gasteiger partial charge in [0.05, 0.1) is 16.9 Å². The van der Waals surface area contributed by atoms with Crippen molar-refractivity contribution in [3.63, 3.8) is 0 Å². The van der Waals surface area contributed by atoms with Crippen LogP contribution in [-0.4, -0.2) is 44.0 Å². The van der Waals surface area contributed by atoms with E-state index < -0.39 is 29.5 Å². The molecule has 2 amide bonds. The van der Waals surface area contributed by atoms with Gasteiger partial charge in [0, 0.05) is 32.6 Å². The van der Waals surface area contributed by atoms with E-state index in [1.807, 2.05) is 30.3 Å². The van der Waals surface area contributed by atoms with Crippen molar-refractivity contribution in [2.45, 2.75) is 12.5 Å². The van der Waals surface area contributed by atoms with Gasteiger partial charge in [-0.05, 0) is 47.7 Å². The molecule has 0 aromatic heterocycles. The molecule has 0 spiro atoms. The molecular weight excluding hydrogens is 462 g/mol. The van der Waals surface area contributed by atoms with Gasteiger partial charge in [-0.1, -0.05) is 42.5 Å². The summed E-state index contributed by atoms with van der Waals surface area (Å²) in [7, 11) is 0. The van der Waals surface area contributed by atoms with Crippen LogP contribution in [0.5, 0.6) is 0 Å². The van der Waals surface area contributed by atoms with Gasteiger partial charge >= 0.3 is 0 Å². The topological polar surface area (TPSA) is 73.5 Å². The highest BCUT2D eigenvalue weighted by atomic mass is 19.1. The summed E-state index contributed by atoms with van der Waals surface area (Å²) in [5.41, 5.74) is 1.78. The Hall–Kier alpha value is -3.78. The molecule has 2 aliphatic heterocycles. The normalized spacial score (nSPS) is 19.6. The lowest BCUT2D eigenvalue weighted by Gasteiger charge is -2.25. The predicted molar refractivity (Wildman–Crippen MR) is 135 cm³/mol. The van der Waals surface area contributed by atoms with Crippen LogP contribution in [0.25, 0.3) is 0 Å². The number of hydrogen-bond donors (Lipinski definition) is 3. The van der Waals surface area contributed by atoms with Crippen LogP contribution in [0.1, 0.15) is 15.9 Å². The summed E-state index contributed by atoms with van der Waals surface area (Å²) in [6, 6.07) is 18.2. The summed E-state index contributed by atoms with van der Waals surface area (Å²) < 4.78 is 28.5. The van der Waals surface area contributed by atoms with Crippen LogP contribution in [0.3, 0.4) is 0 Å². The van der Waals surface area contributed by atoms with Crippen molar-refractivity contribution in [3.05, 3.63) is 95.6 Å². The SMILES string of the molecule is O=C(NC(Cc1ccccc1)C(=O)Nc1cc(F)ccc1N1CC2CNCC2C1)c1ccccc1F. The van der Waals surface area contributed by atoms with E-state index in [0.29, 0.717) is 17.5 Å². The molecule has 6 nitrogen and oxygen atoms in total. The molecule has 0 bridgehead atoms. The van der Waals surface area contributed by atoms with E-state index in [-0.39, 0.29) is 12.0 Å². The van der Waals surface area contributed by atoms with E-state index in [4.69, 9.17) is 0 Å². The summed E-state index contributed by atoms with van der Waals surface area (Å²) >= 11 is 0. The molecule has 3 atom stereocenters. The van der Waals surface area contributed by atoms with E-state index >= 15 is 0 Å². The maximum Gasteiger partial charge on any atom is 0.254 e. The molecule has 8 heteroatoms. The highest BCUT2D eigenvalue weighted by Gasteiger charge is 2.37. The van der Waals surface area contributed by atoms with Crippen molar-refractivity contribution < 1.29 is 18.4 Å². The Labute approximate surface area is 208 Å². The third-order valence-corrected chi connectivity index (χ3v) is 6.97. The maximum absolute atomic E-state index is 14.2. The second-order valence-corrected chi connectivity index (χ2v) is 9.43. The number of anilines is 2. The standard InChI is InChI=1S/C28H28F2N4O2/c29-21-10-11-26(34-16-19-14-31-15-20(19)17-34)24(13-21)32-28(36)25(12-18-6-2-1-3-7-18)33-27(35)22-8-4-5-9-23(22)30/h1-11,13,19-20,25,31H,12,14-17H2,(H,32,36)(H,33,35). The Bertz CT molecular complexity index is 1240. The van der Waals surface area contributed by atoms with Gasteiger partial charge in [0.25, 0.3) is 5.91 Å². The predicted octanol–water partition coefficient (Wildman–Crippen LogP) is 3.60. The third-order valence-electron chi connectivity index (χ3n) is 6.97. The van der Waals surface area contributed by atoms with Gasteiger partial charge in [-0.2, -0.15) is 0 Å². The molecule has 2 aliphatic rings. The van der Waals surface area contributed by atoms with Crippen molar-refractivity contribution >= 4 is 23.2 Å². The van der Waals surface area contributed by atoms with Gasteiger partial charge in [0.1, 0.15) is 17.7 Å². The lowest BCUT2D eigenvalue weighted by atomic mass is 10.0. The van der Waals surface area contributed by atoms with Gasteiger partial charge < -0.3 is 20.9 Å². The zero-order valence-corrected chi connectivity index (χ0v) is 19.7. The van der Waals surface area contributed by atoms with Crippen molar-refractivity contribution in [1.82, 2.24) is 10.6 Å². The number of rotatable bonds is 7. The average molecular weight is 491 g/mol. The molecule has 2 fully saturated rings. The molecular formula is C28H28F2N4O2. The monoisotopic (exact) mass is 490 g/mol. The van der Waals surface area contributed by atoms with Crippen LogP contribution in [0.15, 0.2) is 72.8 Å². The maximum atomic E-state index is 14.2. The van der Waals surface area contributed by atoms with Crippen LogP contribution in [0.2, 0.25) is 0 Å². The summed E-state index contributed by atoms with van der Waals surface area (Å²) in [5, 5.41) is 8.92. The van der Waals surface area contributed by atoms with Crippen LogP contribution in [0, 0.1) is 23.5 Å². The molecule has 186 valence electrons. The van der Waals surface area contributed by atoms with Crippen molar-refractivity contribution in [3.8, 4) is 0 Å². The first-order valence-electron chi connectivity index (χ1n) is 12.1. The summed E-state index contributed by atoms with van der Waals surface area (Å²) in [6.07, 6.45) is 0.192. The fourth-order valence-corrected chi connectivity index (χ4v) is 5.10. The molecule has 3 unspecified atom stereocenters. The number of hydrogen-bond acceptors (Lipinski definition) is 4. The number of halogens is 2. The highest BCUT2D eigenvalue weighted by Crippen LogP contribution is 2.35.